The van der Waals surface area contributed by atoms with Crippen LogP contribution in [0.5, 0.6) is 11.5 Å². The number of esters is 1. The van der Waals surface area contributed by atoms with Gasteiger partial charge in [-0.15, -0.1) is 0 Å². The Bertz CT molecular complexity index is 654. The van der Waals surface area contributed by atoms with Gasteiger partial charge in [0.2, 0.25) is 0 Å². The monoisotopic (exact) mass is 297 g/mol. The number of ether oxygens (including phenoxy) is 2. The van der Waals surface area contributed by atoms with E-state index in [0.717, 1.165) is 22.7 Å². The predicted octanol–water partition coefficient (Wildman–Crippen LogP) is 4.31. The van der Waals surface area contributed by atoms with Gasteiger partial charge in [-0.25, -0.2) is 4.79 Å². The van der Waals surface area contributed by atoms with Crippen molar-refractivity contribution in [2.75, 3.05) is 12.4 Å². The number of benzene rings is 2. The minimum atomic E-state index is -0.365. The van der Waals surface area contributed by atoms with Crippen molar-refractivity contribution in [1.82, 2.24) is 0 Å². The molecule has 0 spiro atoms. The molecule has 0 amide bonds. The van der Waals surface area contributed by atoms with E-state index in [-0.39, 0.29) is 5.97 Å². The summed E-state index contributed by atoms with van der Waals surface area (Å²) >= 11 is 0. The number of nitrogens with one attached hydrogen (secondary N) is 1. The van der Waals surface area contributed by atoms with Crippen molar-refractivity contribution in [1.29, 1.82) is 0 Å². The molecular weight excluding hydrogens is 278 g/mol. The van der Waals surface area contributed by atoms with E-state index in [1.54, 1.807) is 19.2 Å². The number of methoxy groups -OCH3 is 1. The first-order valence-corrected chi connectivity index (χ1v) is 6.94. The normalized spacial score (nSPS) is 9.77. The Kier molecular flexibility index (Phi) is 5.20. The molecule has 0 aliphatic rings. The fourth-order valence-corrected chi connectivity index (χ4v) is 1.83. The van der Waals surface area contributed by atoms with Crippen LogP contribution in [0.3, 0.4) is 0 Å². The molecule has 0 fully saturated rings. The summed E-state index contributed by atoms with van der Waals surface area (Å²) in [4.78, 5) is 11.5. The zero-order chi connectivity index (χ0) is 15.9. The number of hydrogen-bond acceptors (Lipinski definition) is 4. The molecule has 0 unspecified atom stereocenters. The molecule has 4 nitrogen and oxygen atoms in total. The molecular formula is C18H19NO3. The number of rotatable bonds is 5. The molecule has 1 N–H and O–H groups in total. The number of carbonyl (C=O) groups excluding carboxylic acids is 1. The zero-order valence-electron chi connectivity index (χ0n) is 12.9. The molecule has 0 saturated heterocycles. The van der Waals surface area contributed by atoms with Crippen LogP contribution in [-0.2, 0) is 4.79 Å². The maximum atomic E-state index is 11.5. The lowest BCUT2D eigenvalue weighted by molar-refractivity contribution is -0.129. The Labute approximate surface area is 130 Å². The molecule has 114 valence electrons. The van der Waals surface area contributed by atoms with Crippen molar-refractivity contribution in [2.24, 2.45) is 0 Å². The van der Waals surface area contributed by atoms with Gasteiger partial charge in [0.1, 0.15) is 11.5 Å². The van der Waals surface area contributed by atoms with Crippen molar-refractivity contribution in [3.63, 3.8) is 0 Å². The van der Waals surface area contributed by atoms with E-state index in [0.29, 0.717) is 5.75 Å². The van der Waals surface area contributed by atoms with Gasteiger partial charge < -0.3 is 14.8 Å². The van der Waals surface area contributed by atoms with E-state index in [1.165, 1.54) is 6.08 Å². The lowest BCUT2D eigenvalue weighted by atomic mass is 10.2. The molecule has 0 bridgehead atoms. The highest BCUT2D eigenvalue weighted by Gasteiger charge is 2.02. The zero-order valence-corrected chi connectivity index (χ0v) is 12.9. The second kappa shape index (κ2) is 7.31. The summed E-state index contributed by atoms with van der Waals surface area (Å²) in [6, 6.07) is 14.9. The average Bonchev–Trinajstić information content (AvgIpc) is 2.49. The molecule has 4 heteroatoms. The first-order valence-electron chi connectivity index (χ1n) is 6.94. The van der Waals surface area contributed by atoms with Gasteiger partial charge in [0, 0.05) is 17.5 Å². The lowest BCUT2D eigenvalue weighted by Gasteiger charge is -2.08. The topological polar surface area (TPSA) is 47.6 Å². The number of hydrogen-bond donors (Lipinski definition) is 1. The molecule has 0 aromatic heterocycles. The van der Waals surface area contributed by atoms with Crippen molar-refractivity contribution in [3.8, 4) is 11.5 Å². The third-order valence-electron chi connectivity index (χ3n) is 2.86. The summed E-state index contributed by atoms with van der Waals surface area (Å²) in [5, 5.41) is 3.26. The van der Waals surface area contributed by atoms with Crippen LogP contribution in [0.2, 0.25) is 0 Å². The summed E-state index contributed by atoms with van der Waals surface area (Å²) < 4.78 is 10.3. The Hall–Kier alpha value is -2.75. The van der Waals surface area contributed by atoms with Crippen LogP contribution in [-0.4, -0.2) is 13.1 Å². The first kappa shape index (κ1) is 15.6. The summed E-state index contributed by atoms with van der Waals surface area (Å²) in [7, 11) is 1.64. The molecule has 0 aliphatic heterocycles. The summed E-state index contributed by atoms with van der Waals surface area (Å²) in [5.41, 5.74) is 2.77. The standard InChI is InChI=1S/C18H19NO3/c1-13(2)12-18(20)22-17-10-6-15(7-11-17)19-14-4-8-16(21-3)9-5-14/h4-12,19H,1-3H3. The van der Waals surface area contributed by atoms with E-state index in [4.69, 9.17) is 9.47 Å². The van der Waals surface area contributed by atoms with Crippen LogP contribution in [0.25, 0.3) is 0 Å². The average molecular weight is 297 g/mol. The second-order valence-electron chi connectivity index (χ2n) is 5.02. The van der Waals surface area contributed by atoms with Crippen LogP contribution in [0, 0.1) is 0 Å². The SMILES string of the molecule is COc1ccc(Nc2ccc(OC(=O)C=C(C)C)cc2)cc1. The van der Waals surface area contributed by atoms with E-state index in [1.807, 2.05) is 50.2 Å². The molecule has 2 aromatic rings. The molecule has 0 radical (unpaired) electrons. The van der Waals surface area contributed by atoms with Crippen LogP contribution in [0.4, 0.5) is 11.4 Å². The van der Waals surface area contributed by atoms with Gasteiger partial charge in [0.05, 0.1) is 7.11 Å². The van der Waals surface area contributed by atoms with Gasteiger partial charge in [-0.3, -0.25) is 0 Å². The Morgan fingerprint density at radius 2 is 1.41 bits per heavy atom. The molecule has 2 rings (SSSR count). The van der Waals surface area contributed by atoms with Gasteiger partial charge in [0.25, 0.3) is 0 Å². The highest BCUT2D eigenvalue weighted by atomic mass is 16.5. The van der Waals surface area contributed by atoms with E-state index in [9.17, 15) is 4.79 Å². The van der Waals surface area contributed by atoms with Gasteiger partial charge in [-0.1, -0.05) is 5.57 Å². The number of anilines is 2. The summed E-state index contributed by atoms with van der Waals surface area (Å²) in [6.45, 7) is 3.70. The van der Waals surface area contributed by atoms with Crippen LogP contribution < -0.4 is 14.8 Å². The third kappa shape index (κ3) is 4.66. The minimum absolute atomic E-state index is 0.365. The molecule has 0 saturated carbocycles. The molecule has 2 aromatic carbocycles. The predicted molar refractivity (Wildman–Crippen MR) is 87.8 cm³/mol. The van der Waals surface area contributed by atoms with Gasteiger partial charge in [-0.05, 0) is 62.4 Å². The highest BCUT2D eigenvalue weighted by Crippen LogP contribution is 2.22. The van der Waals surface area contributed by atoms with Crippen LogP contribution in [0.1, 0.15) is 13.8 Å². The second-order valence-corrected chi connectivity index (χ2v) is 5.02. The first-order chi connectivity index (χ1) is 10.6. The fourth-order valence-electron chi connectivity index (χ4n) is 1.83. The fraction of sp³-hybridized carbons (Fsp3) is 0.167. The van der Waals surface area contributed by atoms with Crippen molar-refractivity contribution in [2.45, 2.75) is 13.8 Å². The molecule has 0 aliphatic carbocycles. The highest BCUT2D eigenvalue weighted by molar-refractivity contribution is 5.84. The Balaban J connectivity index is 1.99. The maximum Gasteiger partial charge on any atom is 0.336 e. The van der Waals surface area contributed by atoms with Gasteiger partial charge in [0.15, 0.2) is 0 Å². The van der Waals surface area contributed by atoms with Crippen molar-refractivity contribution >= 4 is 17.3 Å². The van der Waals surface area contributed by atoms with E-state index in [2.05, 4.69) is 5.32 Å². The number of carbonyl (C=O) groups is 1. The maximum absolute atomic E-state index is 11.5. The van der Waals surface area contributed by atoms with Gasteiger partial charge >= 0.3 is 5.97 Å². The Morgan fingerprint density at radius 1 is 0.909 bits per heavy atom. The van der Waals surface area contributed by atoms with Crippen LogP contribution >= 0.6 is 0 Å². The van der Waals surface area contributed by atoms with Crippen molar-refractivity contribution in [3.05, 3.63) is 60.2 Å². The molecule has 0 atom stereocenters. The third-order valence-corrected chi connectivity index (χ3v) is 2.86. The Morgan fingerprint density at radius 3 is 1.86 bits per heavy atom. The van der Waals surface area contributed by atoms with E-state index >= 15 is 0 Å². The molecule has 0 heterocycles. The minimum Gasteiger partial charge on any atom is -0.497 e. The summed E-state index contributed by atoms with van der Waals surface area (Å²) in [6.07, 6.45) is 1.46. The lowest BCUT2D eigenvalue weighted by Crippen LogP contribution is -2.04. The van der Waals surface area contributed by atoms with Gasteiger partial charge in [-0.2, -0.15) is 0 Å². The smallest absolute Gasteiger partial charge is 0.336 e. The number of allylic oxidation sites excluding steroid dienone is 1. The quantitative estimate of drug-likeness (QED) is 0.507. The van der Waals surface area contributed by atoms with E-state index < -0.39 is 0 Å². The van der Waals surface area contributed by atoms with Crippen LogP contribution in [0.15, 0.2) is 60.2 Å². The van der Waals surface area contributed by atoms with Crippen molar-refractivity contribution < 1.29 is 14.3 Å². The molecule has 22 heavy (non-hydrogen) atoms. The largest absolute Gasteiger partial charge is 0.497 e. The summed E-state index contributed by atoms with van der Waals surface area (Å²) in [5.74, 6) is 0.964.